The molecule has 0 amide bonds. The van der Waals surface area contributed by atoms with E-state index in [0.29, 0.717) is 19.7 Å². The largest absolute Gasteiger partial charge is 0.493 e. The molecule has 0 bridgehead atoms. The quantitative estimate of drug-likeness (QED) is 0.440. The van der Waals surface area contributed by atoms with Crippen molar-refractivity contribution in [3.05, 3.63) is 66.1 Å². The lowest BCUT2D eigenvalue weighted by molar-refractivity contribution is 0.310. The second-order valence-corrected chi connectivity index (χ2v) is 6.78. The number of ether oxygens (including phenoxy) is 2. The van der Waals surface area contributed by atoms with E-state index in [1.165, 1.54) is 0 Å². The van der Waals surface area contributed by atoms with Gasteiger partial charge in [-0.3, -0.25) is 4.99 Å². The monoisotopic (exact) mass is 407 g/mol. The van der Waals surface area contributed by atoms with Crippen LogP contribution in [0.25, 0.3) is 11.3 Å². The fraction of sp³-hybridized carbons (Fsp3) is 0.304. The van der Waals surface area contributed by atoms with Crippen molar-refractivity contribution in [3.8, 4) is 22.8 Å². The van der Waals surface area contributed by atoms with Crippen molar-refractivity contribution in [3.63, 3.8) is 0 Å². The molecule has 0 spiro atoms. The minimum absolute atomic E-state index is 0.589. The summed E-state index contributed by atoms with van der Waals surface area (Å²) in [5.74, 6) is 3.13. The Morgan fingerprint density at radius 3 is 2.67 bits per heavy atom. The third kappa shape index (κ3) is 5.31. The molecule has 158 valence electrons. The second kappa shape index (κ2) is 10.3. The van der Waals surface area contributed by atoms with Crippen molar-refractivity contribution in [1.29, 1.82) is 0 Å². The lowest BCUT2D eigenvalue weighted by Gasteiger charge is -2.21. The Balaban J connectivity index is 1.61. The summed E-state index contributed by atoms with van der Waals surface area (Å²) in [7, 11) is 5.40. The Labute approximate surface area is 177 Å². The number of nitrogens with one attached hydrogen (secondary N) is 2. The molecule has 30 heavy (non-hydrogen) atoms. The van der Waals surface area contributed by atoms with E-state index in [2.05, 4.69) is 32.4 Å². The van der Waals surface area contributed by atoms with Crippen LogP contribution in [-0.4, -0.2) is 48.6 Å². The van der Waals surface area contributed by atoms with E-state index < -0.39 is 0 Å². The minimum atomic E-state index is 0.589. The summed E-state index contributed by atoms with van der Waals surface area (Å²) in [5, 5.41) is 3.39. The number of hydrogen-bond donors (Lipinski definition) is 2. The van der Waals surface area contributed by atoms with Gasteiger partial charge in [0, 0.05) is 20.6 Å². The van der Waals surface area contributed by atoms with Gasteiger partial charge in [0.2, 0.25) is 0 Å². The number of aromatic amines is 1. The summed E-state index contributed by atoms with van der Waals surface area (Å²) in [6.45, 7) is 3.78. The van der Waals surface area contributed by atoms with Crippen molar-refractivity contribution in [1.82, 2.24) is 20.2 Å². The number of imidazole rings is 1. The number of aliphatic imine (C=N–C) groups is 1. The van der Waals surface area contributed by atoms with Gasteiger partial charge in [0.1, 0.15) is 5.82 Å². The Morgan fingerprint density at radius 1 is 1.17 bits per heavy atom. The van der Waals surface area contributed by atoms with Crippen molar-refractivity contribution in [2.24, 2.45) is 4.99 Å². The number of nitrogens with zero attached hydrogens (tertiary/aromatic N) is 3. The summed E-state index contributed by atoms with van der Waals surface area (Å²) in [4.78, 5) is 14.3. The van der Waals surface area contributed by atoms with Gasteiger partial charge in [-0.25, -0.2) is 4.98 Å². The van der Waals surface area contributed by atoms with Gasteiger partial charge in [-0.05, 0) is 30.2 Å². The lowest BCUT2D eigenvalue weighted by atomic mass is 10.2. The van der Waals surface area contributed by atoms with Gasteiger partial charge < -0.3 is 24.7 Å². The van der Waals surface area contributed by atoms with Crippen molar-refractivity contribution >= 4 is 5.96 Å². The second-order valence-electron chi connectivity index (χ2n) is 6.78. The molecule has 0 aliphatic heterocycles. The highest BCUT2D eigenvalue weighted by Gasteiger charge is 2.11. The molecule has 3 aromatic rings. The number of H-pyrrole nitrogens is 1. The van der Waals surface area contributed by atoms with Gasteiger partial charge in [-0.1, -0.05) is 36.4 Å². The zero-order valence-corrected chi connectivity index (χ0v) is 18.0. The molecule has 0 saturated heterocycles. The minimum Gasteiger partial charge on any atom is -0.493 e. The summed E-state index contributed by atoms with van der Waals surface area (Å²) in [5.41, 5.74) is 3.20. The molecule has 1 heterocycles. The first-order chi connectivity index (χ1) is 14.6. The normalized spacial score (nSPS) is 11.3. The number of rotatable bonds is 8. The van der Waals surface area contributed by atoms with Gasteiger partial charge >= 0.3 is 0 Å². The Bertz CT molecular complexity index is 969. The van der Waals surface area contributed by atoms with E-state index in [1.807, 2.05) is 61.5 Å². The first kappa shape index (κ1) is 21.2. The lowest BCUT2D eigenvalue weighted by Crippen LogP contribution is -2.38. The number of hydrogen-bond acceptors (Lipinski definition) is 4. The Morgan fingerprint density at radius 2 is 1.97 bits per heavy atom. The zero-order chi connectivity index (χ0) is 21.3. The average molecular weight is 408 g/mol. The van der Waals surface area contributed by atoms with Crippen molar-refractivity contribution in [2.45, 2.75) is 20.0 Å². The van der Waals surface area contributed by atoms with E-state index in [4.69, 9.17) is 9.47 Å². The third-order valence-corrected chi connectivity index (χ3v) is 4.65. The fourth-order valence-corrected chi connectivity index (χ4v) is 3.17. The van der Waals surface area contributed by atoms with Crippen LogP contribution in [0.2, 0.25) is 0 Å². The van der Waals surface area contributed by atoms with Crippen molar-refractivity contribution < 1.29 is 9.47 Å². The summed E-state index contributed by atoms with van der Waals surface area (Å²) >= 11 is 0. The SMILES string of the molecule is CCOc1cc(CNC(=NC)N(C)Cc2ncc(-c3ccccc3)[nH]2)ccc1OC. The van der Waals surface area contributed by atoms with E-state index in [-0.39, 0.29) is 0 Å². The fourth-order valence-electron chi connectivity index (χ4n) is 3.17. The first-order valence-electron chi connectivity index (χ1n) is 9.95. The molecule has 2 N–H and O–H groups in total. The first-order valence-corrected chi connectivity index (χ1v) is 9.95. The Kier molecular flexibility index (Phi) is 7.32. The van der Waals surface area contributed by atoms with Crippen LogP contribution in [0.15, 0.2) is 59.7 Å². The molecule has 0 aliphatic carbocycles. The smallest absolute Gasteiger partial charge is 0.194 e. The highest BCUT2D eigenvalue weighted by molar-refractivity contribution is 5.79. The summed E-state index contributed by atoms with van der Waals surface area (Å²) < 4.78 is 11.0. The van der Waals surface area contributed by atoms with Gasteiger partial charge in [0.15, 0.2) is 17.5 Å². The molecule has 0 unspecified atom stereocenters. The maximum atomic E-state index is 5.66. The van der Waals surface area contributed by atoms with Crippen LogP contribution in [0.1, 0.15) is 18.3 Å². The molecule has 0 atom stereocenters. The number of guanidine groups is 1. The molecule has 2 aromatic carbocycles. The molecule has 0 fully saturated rings. The van der Waals surface area contributed by atoms with Crippen LogP contribution < -0.4 is 14.8 Å². The predicted octanol–water partition coefficient (Wildman–Crippen LogP) is 3.69. The van der Waals surface area contributed by atoms with E-state index >= 15 is 0 Å². The molecule has 3 rings (SSSR count). The van der Waals surface area contributed by atoms with Crippen LogP contribution in [0, 0.1) is 0 Å². The summed E-state index contributed by atoms with van der Waals surface area (Å²) in [6.07, 6.45) is 1.86. The van der Waals surface area contributed by atoms with Crippen molar-refractivity contribution in [2.75, 3.05) is 27.8 Å². The molecular weight excluding hydrogens is 378 g/mol. The maximum Gasteiger partial charge on any atom is 0.194 e. The van der Waals surface area contributed by atoms with Gasteiger partial charge in [0.25, 0.3) is 0 Å². The van der Waals surface area contributed by atoms with Gasteiger partial charge in [-0.15, -0.1) is 0 Å². The van der Waals surface area contributed by atoms with Crippen LogP contribution in [-0.2, 0) is 13.1 Å². The third-order valence-electron chi connectivity index (χ3n) is 4.65. The highest BCUT2D eigenvalue weighted by atomic mass is 16.5. The maximum absolute atomic E-state index is 5.66. The molecule has 0 aliphatic rings. The van der Waals surface area contributed by atoms with Crippen LogP contribution in [0.4, 0.5) is 0 Å². The zero-order valence-electron chi connectivity index (χ0n) is 18.0. The number of benzene rings is 2. The topological polar surface area (TPSA) is 74.8 Å². The molecule has 0 radical (unpaired) electrons. The molecular formula is C23H29N5O2. The predicted molar refractivity (Wildman–Crippen MR) is 120 cm³/mol. The van der Waals surface area contributed by atoms with Gasteiger partial charge in [0.05, 0.1) is 32.2 Å². The molecule has 7 heteroatoms. The standard InChI is InChI=1S/C23H29N5O2/c1-5-30-21-13-17(11-12-20(21)29-4)14-26-23(24-2)28(3)16-22-25-15-19(27-22)18-9-7-6-8-10-18/h6-13,15H,5,14,16H2,1-4H3,(H,24,26)(H,25,27). The average Bonchev–Trinajstić information content (AvgIpc) is 3.24. The van der Waals surface area contributed by atoms with E-state index in [1.54, 1.807) is 14.2 Å². The molecule has 1 aromatic heterocycles. The molecule has 0 saturated carbocycles. The van der Waals surface area contributed by atoms with Crippen LogP contribution >= 0.6 is 0 Å². The Hall–Kier alpha value is -3.48. The summed E-state index contributed by atoms with van der Waals surface area (Å²) in [6, 6.07) is 16.1. The highest BCUT2D eigenvalue weighted by Crippen LogP contribution is 2.28. The van der Waals surface area contributed by atoms with Gasteiger partial charge in [-0.2, -0.15) is 0 Å². The van der Waals surface area contributed by atoms with E-state index in [0.717, 1.165) is 40.1 Å². The van der Waals surface area contributed by atoms with E-state index in [9.17, 15) is 0 Å². The van der Waals surface area contributed by atoms with Crippen LogP contribution in [0.5, 0.6) is 11.5 Å². The number of methoxy groups -OCH3 is 1. The van der Waals surface area contributed by atoms with Crippen LogP contribution in [0.3, 0.4) is 0 Å². The molecule has 7 nitrogen and oxygen atoms in total. The number of aromatic nitrogens is 2.